The second-order valence-corrected chi connectivity index (χ2v) is 3.66. The maximum Gasteiger partial charge on any atom is 0.336 e. The zero-order valence-electron chi connectivity index (χ0n) is 9.54. The molecule has 3 atom stereocenters. The van der Waals surface area contributed by atoms with Crippen molar-refractivity contribution in [3.63, 3.8) is 0 Å². The summed E-state index contributed by atoms with van der Waals surface area (Å²) in [7, 11) is 0. The SMILES string of the molecule is CC(C)=C(C)C(=O)OC(O)[C@@H](O)[C@@H](O)CO. The summed E-state index contributed by atoms with van der Waals surface area (Å²) in [5.74, 6) is -0.781. The third kappa shape index (κ3) is 4.28. The van der Waals surface area contributed by atoms with Crippen molar-refractivity contribution in [1.29, 1.82) is 0 Å². The van der Waals surface area contributed by atoms with Crippen LogP contribution < -0.4 is 0 Å². The van der Waals surface area contributed by atoms with Crippen molar-refractivity contribution in [2.45, 2.75) is 39.3 Å². The van der Waals surface area contributed by atoms with Crippen LogP contribution in [0.1, 0.15) is 20.8 Å². The fourth-order valence-electron chi connectivity index (χ4n) is 0.770. The number of rotatable bonds is 5. The van der Waals surface area contributed by atoms with Gasteiger partial charge in [-0.25, -0.2) is 4.79 Å². The quantitative estimate of drug-likeness (QED) is 0.274. The van der Waals surface area contributed by atoms with Crippen LogP contribution in [-0.4, -0.2) is 51.5 Å². The van der Waals surface area contributed by atoms with Crippen molar-refractivity contribution >= 4 is 5.97 Å². The molecule has 1 unspecified atom stereocenters. The summed E-state index contributed by atoms with van der Waals surface area (Å²) in [6.45, 7) is 4.17. The topological polar surface area (TPSA) is 107 Å². The highest BCUT2D eigenvalue weighted by Gasteiger charge is 2.27. The number of esters is 1. The van der Waals surface area contributed by atoms with E-state index in [9.17, 15) is 15.0 Å². The zero-order valence-corrected chi connectivity index (χ0v) is 9.54. The Labute approximate surface area is 93.8 Å². The van der Waals surface area contributed by atoms with Gasteiger partial charge in [-0.05, 0) is 20.8 Å². The van der Waals surface area contributed by atoms with Crippen molar-refractivity contribution in [3.05, 3.63) is 11.1 Å². The molecule has 0 aromatic carbocycles. The monoisotopic (exact) mass is 234 g/mol. The van der Waals surface area contributed by atoms with Gasteiger partial charge in [0.25, 0.3) is 0 Å². The van der Waals surface area contributed by atoms with E-state index >= 15 is 0 Å². The highest BCUT2D eigenvalue weighted by atomic mass is 16.6. The Balaban J connectivity index is 4.41. The number of hydrogen-bond acceptors (Lipinski definition) is 6. The molecule has 0 saturated heterocycles. The highest BCUT2D eigenvalue weighted by Crippen LogP contribution is 2.08. The Morgan fingerprint density at radius 1 is 1.19 bits per heavy atom. The van der Waals surface area contributed by atoms with Crippen LogP contribution in [0, 0.1) is 0 Å². The average molecular weight is 234 g/mol. The molecule has 0 saturated carbocycles. The van der Waals surface area contributed by atoms with Gasteiger partial charge in [0.2, 0.25) is 6.29 Å². The maximum absolute atomic E-state index is 11.3. The molecule has 4 N–H and O–H groups in total. The summed E-state index contributed by atoms with van der Waals surface area (Å²) in [6, 6.07) is 0. The number of allylic oxidation sites excluding steroid dienone is 1. The molecule has 6 heteroatoms. The second kappa shape index (κ2) is 6.59. The largest absolute Gasteiger partial charge is 0.430 e. The van der Waals surface area contributed by atoms with E-state index in [-0.39, 0.29) is 0 Å². The summed E-state index contributed by atoms with van der Waals surface area (Å²) < 4.78 is 4.50. The van der Waals surface area contributed by atoms with E-state index in [1.165, 1.54) is 6.92 Å². The molecule has 0 aromatic heterocycles. The number of hydrogen-bond donors (Lipinski definition) is 4. The van der Waals surface area contributed by atoms with Gasteiger partial charge in [0.15, 0.2) is 0 Å². The van der Waals surface area contributed by atoms with Crippen molar-refractivity contribution in [3.8, 4) is 0 Å². The van der Waals surface area contributed by atoms with Gasteiger partial charge in [0, 0.05) is 5.57 Å². The summed E-state index contributed by atoms with van der Waals surface area (Å²) in [5.41, 5.74) is 1.03. The normalized spacial score (nSPS) is 16.2. The minimum atomic E-state index is -1.87. The molecule has 0 aliphatic heterocycles. The van der Waals surface area contributed by atoms with Gasteiger partial charge in [-0.2, -0.15) is 0 Å². The van der Waals surface area contributed by atoms with E-state index in [0.717, 1.165) is 5.57 Å². The number of ether oxygens (including phenoxy) is 1. The summed E-state index contributed by atoms with van der Waals surface area (Å²) in [5, 5.41) is 35.9. The van der Waals surface area contributed by atoms with Gasteiger partial charge < -0.3 is 25.2 Å². The lowest BCUT2D eigenvalue weighted by atomic mass is 10.2. The Morgan fingerprint density at radius 2 is 1.69 bits per heavy atom. The standard InChI is InChI=1S/C10H18O6/c1-5(2)6(3)9(14)16-10(15)8(13)7(12)4-11/h7-8,10-13,15H,4H2,1-3H3/t7-,8-,10?/m0/s1. The number of carbonyl (C=O) groups is 1. The van der Waals surface area contributed by atoms with Crippen LogP contribution in [0.4, 0.5) is 0 Å². The first-order valence-corrected chi connectivity index (χ1v) is 4.81. The van der Waals surface area contributed by atoms with Gasteiger partial charge in [-0.3, -0.25) is 0 Å². The molecule has 6 nitrogen and oxygen atoms in total. The van der Waals surface area contributed by atoms with Crippen LogP contribution in [0.5, 0.6) is 0 Å². The smallest absolute Gasteiger partial charge is 0.336 e. The molecule has 16 heavy (non-hydrogen) atoms. The van der Waals surface area contributed by atoms with E-state index in [4.69, 9.17) is 10.2 Å². The first kappa shape index (κ1) is 15.0. The Morgan fingerprint density at radius 3 is 2.06 bits per heavy atom. The first-order valence-electron chi connectivity index (χ1n) is 4.81. The van der Waals surface area contributed by atoms with Gasteiger partial charge in [0.1, 0.15) is 12.2 Å². The first-order chi connectivity index (χ1) is 7.31. The predicted octanol–water partition coefficient (Wildman–Crippen LogP) is -1.08. The summed E-state index contributed by atoms with van der Waals surface area (Å²) >= 11 is 0. The van der Waals surface area contributed by atoms with E-state index in [1.54, 1.807) is 13.8 Å². The van der Waals surface area contributed by atoms with Crippen LogP contribution in [0.15, 0.2) is 11.1 Å². The van der Waals surface area contributed by atoms with Crippen LogP contribution in [-0.2, 0) is 9.53 Å². The van der Waals surface area contributed by atoms with Crippen LogP contribution in [0.3, 0.4) is 0 Å². The average Bonchev–Trinajstić information content (AvgIpc) is 2.25. The summed E-state index contributed by atoms with van der Waals surface area (Å²) in [4.78, 5) is 11.3. The summed E-state index contributed by atoms with van der Waals surface area (Å²) in [6.07, 6.45) is -5.17. The van der Waals surface area contributed by atoms with E-state index in [0.29, 0.717) is 5.57 Å². The van der Waals surface area contributed by atoms with Gasteiger partial charge >= 0.3 is 5.97 Å². The molecule has 0 radical (unpaired) electrons. The van der Waals surface area contributed by atoms with E-state index in [2.05, 4.69) is 4.74 Å². The third-order valence-corrected chi connectivity index (χ3v) is 2.16. The molecule has 0 amide bonds. The number of aliphatic hydroxyl groups excluding tert-OH is 4. The molecule has 0 bridgehead atoms. The number of carbonyl (C=O) groups excluding carboxylic acids is 1. The minimum Gasteiger partial charge on any atom is -0.430 e. The molecular weight excluding hydrogens is 216 g/mol. The van der Waals surface area contributed by atoms with Crippen LogP contribution >= 0.6 is 0 Å². The highest BCUT2D eigenvalue weighted by molar-refractivity contribution is 5.88. The van der Waals surface area contributed by atoms with E-state index in [1.807, 2.05) is 0 Å². The minimum absolute atomic E-state index is 0.310. The Kier molecular flexibility index (Phi) is 6.20. The van der Waals surface area contributed by atoms with Crippen molar-refractivity contribution in [2.24, 2.45) is 0 Å². The molecular formula is C10H18O6. The van der Waals surface area contributed by atoms with Crippen molar-refractivity contribution in [1.82, 2.24) is 0 Å². The van der Waals surface area contributed by atoms with Gasteiger partial charge in [0.05, 0.1) is 6.61 Å². The molecule has 0 aromatic rings. The van der Waals surface area contributed by atoms with Crippen LogP contribution in [0.2, 0.25) is 0 Å². The maximum atomic E-state index is 11.3. The van der Waals surface area contributed by atoms with Crippen molar-refractivity contribution in [2.75, 3.05) is 6.61 Å². The fourth-order valence-corrected chi connectivity index (χ4v) is 0.770. The molecule has 0 aliphatic rings. The fraction of sp³-hybridized carbons (Fsp3) is 0.700. The number of aliphatic hydroxyl groups is 4. The lowest BCUT2D eigenvalue weighted by Gasteiger charge is -2.21. The second-order valence-electron chi connectivity index (χ2n) is 3.66. The van der Waals surface area contributed by atoms with Gasteiger partial charge in [-0.1, -0.05) is 5.57 Å². The van der Waals surface area contributed by atoms with E-state index < -0.39 is 31.1 Å². The molecule has 0 heterocycles. The zero-order chi connectivity index (χ0) is 12.9. The predicted molar refractivity (Wildman–Crippen MR) is 55.2 cm³/mol. The lowest BCUT2D eigenvalue weighted by molar-refractivity contribution is -0.198. The van der Waals surface area contributed by atoms with Crippen molar-refractivity contribution < 1.29 is 30.0 Å². The molecule has 94 valence electrons. The molecule has 0 rings (SSSR count). The third-order valence-electron chi connectivity index (χ3n) is 2.16. The lowest BCUT2D eigenvalue weighted by Crippen LogP contribution is -2.42. The van der Waals surface area contributed by atoms with Crippen LogP contribution in [0.25, 0.3) is 0 Å². The molecule has 0 aliphatic carbocycles. The Bertz CT molecular complexity index is 268. The Hall–Kier alpha value is -0.950. The molecule has 0 spiro atoms. The molecule has 0 fully saturated rings. The van der Waals surface area contributed by atoms with Gasteiger partial charge in [-0.15, -0.1) is 0 Å².